The zero-order valence-corrected chi connectivity index (χ0v) is 10.5. The van der Waals surface area contributed by atoms with Crippen LogP contribution >= 0.6 is 15.9 Å². The minimum atomic E-state index is 0.649. The van der Waals surface area contributed by atoms with Gasteiger partial charge < -0.3 is 10.5 Å². The van der Waals surface area contributed by atoms with Gasteiger partial charge in [-0.25, -0.2) is 0 Å². The zero-order chi connectivity index (χ0) is 11.5. The van der Waals surface area contributed by atoms with Crippen LogP contribution in [0.5, 0.6) is 5.75 Å². The summed E-state index contributed by atoms with van der Waals surface area (Å²) in [5.41, 5.74) is 8.72. The molecule has 2 nitrogen and oxygen atoms in total. The van der Waals surface area contributed by atoms with E-state index in [1.165, 1.54) is 0 Å². The van der Waals surface area contributed by atoms with Gasteiger partial charge in [0.2, 0.25) is 0 Å². The molecule has 0 saturated heterocycles. The second-order valence-corrected chi connectivity index (χ2v) is 4.29. The van der Waals surface area contributed by atoms with Crippen LogP contribution in [-0.2, 0) is 0 Å². The van der Waals surface area contributed by atoms with Gasteiger partial charge in [0, 0.05) is 4.47 Å². The van der Waals surface area contributed by atoms with Gasteiger partial charge in [-0.2, -0.15) is 0 Å². The standard InChI is InChI=1S/C13H12BrNO/c1-16-13-7-6-9(8-12(13)15)10-4-2-3-5-11(10)14/h2-8H,15H2,1H3. The van der Waals surface area contributed by atoms with Crippen molar-refractivity contribution in [1.29, 1.82) is 0 Å². The molecule has 0 aliphatic carbocycles. The lowest BCUT2D eigenvalue weighted by Crippen LogP contribution is -1.92. The average Bonchev–Trinajstić information content (AvgIpc) is 2.29. The molecular weight excluding hydrogens is 266 g/mol. The van der Waals surface area contributed by atoms with Crippen molar-refractivity contribution in [3.05, 3.63) is 46.9 Å². The number of anilines is 1. The van der Waals surface area contributed by atoms with E-state index in [4.69, 9.17) is 10.5 Å². The number of ether oxygens (including phenoxy) is 1. The monoisotopic (exact) mass is 277 g/mol. The largest absolute Gasteiger partial charge is 0.495 e. The number of halogens is 1. The Hall–Kier alpha value is -1.48. The highest BCUT2D eigenvalue weighted by Gasteiger charge is 2.05. The van der Waals surface area contributed by atoms with Gasteiger partial charge in [0.1, 0.15) is 5.75 Å². The van der Waals surface area contributed by atoms with Crippen molar-refractivity contribution >= 4 is 21.6 Å². The molecule has 2 aromatic carbocycles. The molecule has 0 radical (unpaired) electrons. The van der Waals surface area contributed by atoms with Gasteiger partial charge in [0.15, 0.2) is 0 Å². The Kier molecular flexibility index (Phi) is 3.15. The summed E-state index contributed by atoms with van der Waals surface area (Å²) in [5.74, 6) is 0.704. The van der Waals surface area contributed by atoms with Crippen LogP contribution in [0.25, 0.3) is 11.1 Å². The number of nitrogens with two attached hydrogens (primary N) is 1. The lowest BCUT2D eigenvalue weighted by molar-refractivity contribution is 0.417. The number of rotatable bonds is 2. The Balaban J connectivity index is 2.50. The predicted octanol–water partition coefficient (Wildman–Crippen LogP) is 3.71. The Labute approximate surface area is 103 Å². The van der Waals surface area contributed by atoms with Crippen molar-refractivity contribution in [1.82, 2.24) is 0 Å². The van der Waals surface area contributed by atoms with Gasteiger partial charge >= 0.3 is 0 Å². The first-order valence-electron chi connectivity index (χ1n) is 4.91. The molecule has 2 N–H and O–H groups in total. The third-order valence-corrected chi connectivity index (χ3v) is 3.11. The zero-order valence-electron chi connectivity index (χ0n) is 8.91. The molecule has 0 aliphatic rings. The first kappa shape index (κ1) is 11.0. The summed E-state index contributed by atoms with van der Waals surface area (Å²) in [6, 6.07) is 13.8. The molecule has 3 heteroatoms. The minimum Gasteiger partial charge on any atom is -0.495 e. The fourth-order valence-electron chi connectivity index (χ4n) is 1.60. The molecule has 0 bridgehead atoms. The van der Waals surface area contributed by atoms with Crippen molar-refractivity contribution < 1.29 is 4.74 Å². The molecule has 0 heterocycles. The summed E-state index contributed by atoms with van der Waals surface area (Å²) in [6.45, 7) is 0. The van der Waals surface area contributed by atoms with Gasteiger partial charge in [-0.1, -0.05) is 40.2 Å². The molecule has 0 amide bonds. The normalized spacial score (nSPS) is 10.1. The molecule has 0 aromatic heterocycles. The molecule has 0 atom stereocenters. The maximum atomic E-state index is 5.88. The number of hydrogen-bond donors (Lipinski definition) is 1. The van der Waals surface area contributed by atoms with Crippen LogP contribution in [0.4, 0.5) is 5.69 Å². The van der Waals surface area contributed by atoms with Crippen LogP contribution in [-0.4, -0.2) is 7.11 Å². The number of methoxy groups -OCH3 is 1. The lowest BCUT2D eigenvalue weighted by atomic mass is 10.1. The summed E-state index contributed by atoms with van der Waals surface area (Å²) in [5, 5.41) is 0. The van der Waals surface area contributed by atoms with Crippen molar-refractivity contribution in [2.75, 3.05) is 12.8 Å². The second kappa shape index (κ2) is 4.58. The van der Waals surface area contributed by atoms with Crippen LogP contribution in [0, 0.1) is 0 Å². The van der Waals surface area contributed by atoms with E-state index >= 15 is 0 Å². The fourth-order valence-corrected chi connectivity index (χ4v) is 2.11. The highest BCUT2D eigenvalue weighted by atomic mass is 79.9. The van der Waals surface area contributed by atoms with E-state index < -0.39 is 0 Å². The minimum absolute atomic E-state index is 0.649. The van der Waals surface area contributed by atoms with E-state index in [1.807, 2.05) is 42.5 Å². The molecule has 16 heavy (non-hydrogen) atoms. The molecular formula is C13H12BrNO. The highest BCUT2D eigenvalue weighted by molar-refractivity contribution is 9.10. The van der Waals surface area contributed by atoms with Crippen molar-refractivity contribution in [3.63, 3.8) is 0 Å². The smallest absolute Gasteiger partial charge is 0.141 e. The first-order valence-corrected chi connectivity index (χ1v) is 5.70. The Morgan fingerprint density at radius 1 is 1.12 bits per heavy atom. The van der Waals surface area contributed by atoms with Crippen LogP contribution in [0.2, 0.25) is 0 Å². The van der Waals surface area contributed by atoms with E-state index in [0.717, 1.165) is 15.6 Å². The lowest BCUT2D eigenvalue weighted by Gasteiger charge is -2.08. The van der Waals surface area contributed by atoms with Crippen LogP contribution < -0.4 is 10.5 Å². The van der Waals surface area contributed by atoms with Crippen LogP contribution in [0.15, 0.2) is 46.9 Å². The first-order chi connectivity index (χ1) is 7.72. The Bertz CT molecular complexity index is 511. The topological polar surface area (TPSA) is 35.2 Å². The van der Waals surface area contributed by atoms with Crippen molar-refractivity contribution in [3.8, 4) is 16.9 Å². The van der Waals surface area contributed by atoms with E-state index in [2.05, 4.69) is 15.9 Å². The third-order valence-electron chi connectivity index (χ3n) is 2.41. The third kappa shape index (κ3) is 2.04. The molecule has 2 rings (SSSR count). The molecule has 82 valence electrons. The maximum absolute atomic E-state index is 5.88. The number of benzene rings is 2. The van der Waals surface area contributed by atoms with E-state index in [9.17, 15) is 0 Å². The van der Waals surface area contributed by atoms with Gasteiger partial charge in [0.25, 0.3) is 0 Å². The summed E-state index contributed by atoms with van der Waals surface area (Å²) in [4.78, 5) is 0. The number of hydrogen-bond acceptors (Lipinski definition) is 2. The van der Waals surface area contributed by atoms with Gasteiger partial charge in [-0.3, -0.25) is 0 Å². The maximum Gasteiger partial charge on any atom is 0.141 e. The molecule has 0 fully saturated rings. The summed E-state index contributed by atoms with van der Waals surface area (Å²) < 4.78 is 6.18. The number of nitrogen functional groups attached to an aromatic ring is 1. The average molecular weight is 278 g/mol. The molecule has 0 unspecified atom stereocenters. The van der Waals surface area contributed by atoms with Crippen LogP contribution in [0.1, 0.15) is 0 Å². The van der Waals surface area contributed by atoms with Gasteiger partial charge in [0.05, 0.1) is 12.8 Å². The summed E-state index contributed by atoms with van der Waals surface area (Å²) >= 11 is 3.52. The van der Waals surface area contributed by atoms with Gasteiger partial charge in [-0.05, 0) is 29.3 Å². The summed E-state index contributed by atoms with van der Waals surface area (Å²) in [7, 11) is 1.61. The van der Waals surface area contributed by atoms with Crippen molar-refractivity contribution in [2.45, 2.75) is 0 Å². The fraction of sp³-hybridized carbons (Fsp3) is 0.0769. The Morgan fingerprint density at radius 3 is 2.50 bits per heavy atom. The predicted molar refractivity (Wildman–Crippen MR) is 70.5 cm³/mol. The SMILES string of the molecule is COc1ccc(-c2ccccc2Br)cc1N. The van der Waals surface area contributed by atoms with Crippen LogP contribution in [0.3, 0.4) is 0 Å². The van der Waals surface area contributed by atoms with Crippen molar-refractivity contribution in [2.24, 2.45) is 0 Å². The van der Waals surface area contributed by atoms with E-state index in [0.29, 0.717) is 11.4 Å². The quantitative estimate of drug-likeness (QED) is 0.850. The molecule has 0 saturated carbocycles. The van der Waals surface area contributed by atoms with E-state index in [1.54, 1.807) is 7.11 Å². The summed E-state index contributed by atoms with van der Waals surface area (Å²) in [6.07, 6.45) is 0. The molecule has 0 spiro atoms. The highest BCUT2D eigenvalue weighted by Crippen LogP contribution is 2.32. The van der Waals surface area contributed by atoms with E-state index in [-0.39, 0.29) is 0 Å². The molecule has 2 aromatic rings. The molecule has 0 aliphatic heterocycles. The Morgan fingerprint density at radius 2 is 1.88 bits per heavy atom. The second-order valence-electron chi connectivity index (χ2n) is 3.44. The van der Waals surface area contributed by atoms with Gasteiger partial charge in [-0.15, -0.1) is 0 Å².